The summed E-state index contributed by atoms with van der Waals surface area (Å²) in [4.78, 5) is 25.5. The van der Waals surface area contributed by atoms with Gasteiger partial charge in [0.2, 0.25) is 5.91 Å². The van der Waals surface area contributed by atoms with Crippen LogP contribution < -0.4 is 5.73 Å². The van der Waals surface area contributed by atoms with Crippen LogP contribution in [0.25, 0.3) is 10.9 Å². The number of benzene rings is 2. The summed E-state index contributed by atoms with van der Waals surface area (Å²) >= 11 is 6.02. The molecule has 0 fully saturated rings. The number of hydrogen-bond donors (Lipinski definition) is 2. The highest BCUT2D eigenvalue weighted by atomic mass is 35.5. The number of rotatable bonds is 6. The minimum atomic E-state index is -0.874. The van der Waals surface area contributed by atoms with E-state index in [9.17, 15) is 19.1 Å². The third-order valence-electron chi connectivity index (χ3n) is 5.15. The Balaban J connectivity index is 2.32. The van der Waals surface area contributed by atoms with E-state index in [0.29, 0.717) is 34.7 Å². The van der Waals surface area contributed by atoms with Gasteiger partial charge in [0, 0.05) is 21.7 Å². The van der Waals surface area contributed by atoms with Gasteiger partial charge in [0.05, 0.1) is 11.4 Å². The molecule has 0 aliphatic carbocycles. The molecule has 29 heavy (non-hydrogen) atoms. The van der Waals surface area contributed by atoms with Crippen LogP contribution in [0.15, 0.2) is 36.4 Å². The Morgan fingerprint density at radius 3 is 2.62 bits per heavy atom. The molecule has 3 N–H and O–H groups in total. The van der Waals surface area contributed by atoms with E-state index in [1.54, 1.807) is 25.1 Å². The minimum absolute atomic E-state index is 0.0396. The van der Waals surface area contributed by atoms with E-state index in [4.69, 9.17) is 17.3 Å². The van der Waals surface area contributed by atoms with Crippen molar-refractivity contribution >= 4 is 34.3 Å². The van der Waals surface area contributed by atoms with Gasteiger partial charge in [-0.15, -0.1) is 0 Å². The van der Waals surface area contributed by atoms with Crippen LogP contribution in [0.2, 0.25) is 5.02 Å². The molecule has 0 saturated heterocycles. The number of nitrogens with zero attached hydrogens (tertiary/aromatic N) is 1. The third kappa shape index (κ3) is 3.72. The number of carbonyl (C=O) groups excluding carboxylic acids is 2. The molecule has 0 bridgehead atoms. The Labute approximate surface area is 172 Å². The molecule has 1 atom stereocenters. The normalized spacial score (nSPS) is 12.3. The van der Waals surface area contributed by atoms with E-state index >= 15 is 0 Å². The number of phenolic OH excluding ortho intramolecular Hbond substituents is 1. The summed E-state index contributed by atoms with van der Waals surface area (Å²) in [5.74, 6) is -3.21. The number of amides is 1. The van der Waals surface area contributed by atoms with Crippen molar-refractivity contribution in [3.05, 3.63) is 64.1 Å². The molecule has 0 aliphatic heterocycles. The molecule has 0 saturated carbocycles. The molecule has 5 nitrogen and oxygen atoms in total. The Kier molecular flexibility index (Phi) is 5.94. The number of fused-ring (bicyclic) bond motifs is 1. The second-order valence-electron chi connectivity index (χ2n) is 7.04. The number of primary amides is 1. The number of nitrogens with two attached hydrogens (primary N) is 1. The van der Waals surface area contributed by atoms with Gasteiger partial charge >= 0.3 is 0 Å². The van der Waals surface area contributed by atoms with Crippen LogP contribution in [0, 0.1) is 12.7 Å². The van der Waals surface area contributed by atoms with Gasteiger partial charge in [-0.3, -0.25) is 14.2 Å². The predicted molar refractivity (Wildman–Crippen MR) is 111 cm³/mol. The van der Waals surface area contributed by atoms with Gasteiger partial charge in [-0.05, 0) is 49.2 Å². The summed E-state index contributed by atoms with van der Waals surface area (Å²) in [5, 5.41) is 10.4. The average molecular weight is 417 g/mol. The molecule has 0 radical (unpaired) electrons. The Hall–Kier alpha value is -2.86. The predicted octanol–water partition coefficient (Wildman–Crippen LogP) is 4.90. The fourth-order valence-electron chi connectivity index (χ4n) is 3.76. The Morgan fingerprint density at radius 1 is 1.28 bits per heavy atom. The zero-order valence-corrected chi connectivity index (χ0v) is 17.0. The lowest BCUT2D eigenvalue weighted by molar-refractivity contribution is -0.119. The van der Waals surface area contributed by atoms with Crippen molar-refractivity contribution in [2.45, 2.75) is 39.0 Å². The van der Waals surface area contributed by atoms with E-state index in [1.165, 1.54) is 22.8 Å². The van der Waals surface area contributed by atoms with Crippen molar-refractivity contribution in [2.75, 3.05) is 0 Å². The summed E-state index contributed by atoms with van der Waals surface area (Å²) in [6, 6.07) is 9.08. The van der Waals surface area contributed by atoms with Crippen LogP contribution in [0.5, 0.6) is 5.75 Å². The van der Waals surface area contributed by atoms with Gasteiger partial charge in [0.25, 0.3) is 5.91 Å². The second-order valence-corrected chi connectivity index (χ2v) is 7.48. The fourth-order valence-corrected chi connectivity index (χ4v) is 3.95. The lowest BCUT2D eigenvalue weighted by atomic mass is 9.90. The summed E-state index contributed by atoms with van der Waals surface area (Å²) in [7, 11) is 0. The number of halogens is 2. The van der Waals surface area contributed by atoms with Crippen molar-refractivity contribution in [3.8, 4) is 5.75 Å². The van der Waals surface area contributed by atoms with Crippen LogP contribution >= 0.6 is 11.6 Å². The number of phenols is 1. The maximum Gasteiger partial charge on any atom is 0.262 e. The van der Waals surface area contributed by atoms with E-state index in [0.717, 1.165) is 6.42 Å². The van der Waals surface area contributed by atoms with Gasteiger partial charge < -0.3 is 10.8 Å². The Bertz CT molecular complexity index is 1110. The fraction of sp³-hybridized carbons (Fsp3) is 0.273. The van der Waals surface area contributed by atoms with Gasteiger partial charge in [0.15, 0.2) is 11.6 Å². The molecular formula is C22H22ClFN2O3. The van der Waals surface area contributed by atoms with Crippen LogP contribution in [0.4, 0.5) is 4.39 Å². The lowest BCUT2D eigenvalue weighted by Crippen LogP contribution is -2.22. The second kappa shape index (κ2) is 8.25. The van der Waals surface area contributed by atoms with Gasteiger partial charge in [-0.1, -0.05) is 37.4 Å². The molecule has 1 aromatic heterocycles. The zero-order chi connectivity index (χ0) is 21.3. The number of hydrogen-bond acceptors (Lipinski definition) is 3. The quantitative estimate of drug-likeness (QED) is 0.599. The maximum atomic E-state index is 15.0. The van der Waals surface area contributed by atoms with E-state index in [-0.39, 0.29) is 10.9 Å². The number of aromatic nitrogens is 1. The van der Waals surface area contributed by atoms with Gasteiger partial charge in [-0.2, -0.15) is 0 Å². The molecule has 1 amide bonds. The number of aromatic hydroxyl groups is 1. The molecular weight excluding hydrogens is 395 g/mol. The monoisotopic (exact) mass is 416 g/mol. The number of carbonyl (C=O) groups is 2. The van der Waals surface area contributed by atoms with E-state index in [1.807, 2.05) is 6.92 Å². The highest BCUT2D eigenvalue weighted by Crippen LogP contribution is 2.39. The average Bonchev–Trinajstić information content (AvgIpc) is 2.97. The highest BCUT2D eigenvalue weighted by molar-refractivity contribution is 6.31. The molecule has 152 valence electrons. The SMILES string of the molecule is CCCCC(C(N)=O)c1c(C)n(C(=O)c2cccc(Cl)c2)c2ccc(O)c(F)c12. The van der Waals surface area contributed by atoms with Crippen molar-refractivity contribution in [1.29, 1.82) is 0 Å². The van der Waals surface area contributed by atoms with Crippen LogP contribution in [-0.2, 0) is 4.79 Å². The van der Waals surface area contributed by atoms with Crippen LogP contribution in [0.1, 0.15) is 53.7 Å². The van der Waals surface area contributed by atoms with Crippen LogP contribution in [-0.4, -0.2) is 21.5 Å². The molecule has 2 aromatic carbocycles. The summed E-state index contributed by atoms with van der Waals surface area (Å²) in [6.07, 6.45) is 1.96. The molecule has 0 aliphatic rings. The first-order chi connectivity index (χ1) is 13.8. The molecule has 1 heterocycles. The molecule has 7 heteroatoms. The first-order valence-corrected chi connectivity index (χ1v) is 9.77. The molecule has 1 unspecified atom stereocenters. The lowest BCUT2D eigenvalue weighted by Gasteiger charge is -2.15. The maximum absolute atomic E-state index is 15.0. The largest absolute Gasteiger partial charge is 0.505 e. The zero-order valence-electron chi connectivity index (χ0n) is 16.2. The minimum Gasteiger partial charge on any atom is -0.505 e. The van der Waals surface area contributed by atoms with Crippen molar-refractivity contribution in [1.82, 2.24) is 4.57 Å². The Morgan fingerprint density at radius 2 is 2.00 bits per heavy atom. The highest BCUT2D eigenvalue weighted by Gasteiger charge is 2.30. The summed E-state index contributed by atoms with van der Waals surface area (Å²) in [5.41, 5.74) is 6.97. The van der Waals surface area contributed by atoms with Crippen molar-refractivity contribution in [2.24, 2.45) is 5.73 Å². The standard InChI is InChI=1S/C22H22ClFN2O3/c1-3-4-8-15(21(25)28)18-12(2)26(16-9-10-17(27)20(24)19(16)18)22(29)13-6-5-7-14(23)11-13/h5-7,9-11,15,27H,3-4,8H2,1-2H3,(H2,25,28). The molecule has 3 aromatic rings. The van der Waals surface area contributed by atoms with Gasteiger partial charge in [0.1, 0.15) is 0 Å². The summed E-state index contributed by atoms with van der Waals surface area (Å²) < 4.78 is 16.3. The topological polar surface area (TPSA) is 85.3 Å². The molecule has 3 rings (SSSR count). The van der Waals surface area contributed by atoms with Crippen molar-refractivity contribution < 1.29 is 19.1 Å². The van der Waals surface area contributed by atoms with E-state index < -0.39 is 29.3 Å². The van der Waals surface area contributed by atoms with Crippen molar-refractivity contribution in [3.63, 3.8) is 0 Å². The van der Waals surface area contributed by atoms with E-state index in [2.05, 4.69) is 0 Å². The smallest absolute Gasteiger partial charge is 0.262 e. The van der Waals surface area contributed by atoms with Gasteiger partial charge in [-0.25, -0.2) is 4.39 Å². The van der Waals surface area contributed by atoms with Crippen LogP contribution in [0.3, 0.4) is 0 Å². The summed E-state index contributed by atoms with van der Waals surface area (Å²) in [6.45, 7) is 3.62. The number of unbranched alkanes of at least 4 members (excludes halogenated alkanes) is 1. The third-order valence-corrected chi connectivity index (χ3v) is 5.38. The first-order valence-electron chi connectivity index (χ1n) is 9.39. The molecule has 0 spiro atoms. The first kappa shape index (κ1) is 20.9.